The van der Waals surface area contributed by atoms with E-state index in [-0.39, 0.29) is 0 Å². The van der Waals surface area contributed by atoms with Crippen molar-refractivity contribution in [3.8, 4) is 0 Å². The van der Waals surface area contributed by atoms with Crippen LogP contribution in [0.5, 0.6) is 0 Å². The van der Waals surface area contributed by atoms with Crippen molar-refractivity contribution in [1.82, 2.24) is 15.0 Å². The van der Waals surface area contributed by atoms with E-state index in [1.165, 1.54) is 0 Å². The van der Waals surface area contributed by atoms with Crippen LogP contribution in [-0.4, -0.2) is 35.3 Å². The van der Waals surface area contributed by atoms with Crippen LogP contribution in [-0.2, 0) is 6.54 Å². The van der Waals surface area contributed by atoms with E-state index in [1.807, 2.05) is 73.6 Å². The number of nitrogens with zero attached hydrogens (tertiary/aromatic N) is 5. The molecule has 0 saturated carbocycles. The zero-order valence-electron chi connectivity index (χ0n) is 15.1. The van der Waals surface area contributed by atoms with Gasteiger partial charge in [-0.3, -0.25) is 0 Å². The molecule has 0 saturated heterocycles. The van der Waals surface area contributed by atoms with Crippen LogP contribution < -0.4 is 15.6 Å². The van der Waals surface area contributed by atoms with Gasteiger partial charge in [0.1, 0.15) is 0 Å². The van der Waals surface area contributed by atoms with Crippen molar-refractivity contribution in [2.75, 3.05) is 29.7 Å². The van der Waals surface area contributed by atoms with Gasteiger partial charge in [-0.25, -0.2) is 5.43 Å². The van der Waals surface area contributed by atoms with Crippen molar-refractivity contribution in [1.29, 1.82) is 0 Å². The van der Waals surface area contributed by atoms with E-state index in [0.29, 0.717) is 29.4 Å². The molecule has 8 heteroatoms. The summed E-state index contributed by atoms with van der Waals surface area (Å²) in [5.41, 5.74) is 4.90. The first-order valence-corrected chi connectivity index (χ1v) is 8.74. The van der Waals surface area contributed by atoms with Gasteiger partial charge >= 0.3 is 0 Å². The highest BCUT2D eigenvalue weighted by molar-refractivity contribution is 6.30. The second-order valence-electron chi connectivity index (χ2n) is 5.94. The van der Waals surface area contributed by atoms with E-state index < -0.39 is 0 Å². The lowest BCUT2D eigenvalue weighted by Gasteiger charge is -2.13. The van der Waals surface area contributed by atoms with Crippen LogP contribution in [0.2, 0.25) is 5.02 Å². The zero-order valence-corrected chi connectivity index (χ0v) is 15.9. The first kappa shape index (κ1) is 18.6. The van der Waals surface area contributed by atoms with Gasteiger partial charge in [0.25, 0.3) is 0 Å². The van der Waals surface area contributed by atoms with Gasteiger partial charge < -0.3 is 10.2 Å². The SMILES string of the molecule is CN(C)c1nc(NCc2ccccc2)nc(NN=Cc2ccc(Cl)cc2)n1. The minimum Gasteiger partial charge on any atom is -0.350 e. The highest BCUT2D eigenvalue weighted by Crippen LogP contribution is 2.13. The minimum absolute atomic E-state index is 0.356. The van der Waals surface area contributed by atoms with E-state index in [0.717, 1.165) is 11.1 Å². The molecule has 0 spiro atoms. The third kappa shape index (κ3) is 5.65. The van der Waals surface area contributed by atoms with Gasteiger partial charge in [0, 0.05) is 25.7 Å². The molecule has 0 bridgehead atoms. The zero-order chi connectivity index (χ0) is 19.1. The third-order valence-corrected chi connectivity index (χ3v) is 3.82. The highest BCUT2D eigenvalue weighted by atomic mass is 35.5. The van der Waals surface area contributed by atoms with Crippen LogP contribution in [0.15, 0.2) is 59.7 Å². The number of aromatic nitrogens is 3. The summed E-state index contributed by atoms with van der Waals surface area (Å²) in [4.78, 5) is 14.9. The smallest absolute Gasteiger partial charge is 0.250 e. The summed E-state index contributed by atoms with van der Waals surface area (Å²) in [5.74, 6) is 1.36. The first-order valence-electron chi connectivity index (χ1n) is 8.36. The topological polar surface area (TPSA) is 78.3 Å². The number of hydrogen-bond acceptors (Lipinski definition) is 7. The van der Waals surface area contributed by atoms with Crippen LogP contribution in [0.25, 0.3) is 0 Å². The lowest BCUT2D eigenvalue weighted by Crippen LogP contribution is -2.16. The Bertz CT molecular complexity index is 896. The van der Waals surface area contributed by atoms with Crippen LogP contribution in [0, 0.1) is 0 Å². The van der Waals surface area contributed by atoms with Gasteiger partial charge in [-0.2, -0.15) is 20.1 Å². The maximum absolute atomic E-state index is 5.88. The van der Waals surface area contributed by atoms with Crippen LogP contribution in [0.3, 0.4) is 0 Å². The number of hydrogen-bond donors (Lipinski definition) is 2. The number of halogens is 1. The lowest BCUT2D eigenvalue weighted by molar-refractivity contribution is 0.940. The Morgan fingerprint density at radius 3 is 2.37 bits per heavy atom. The second kappa shape index (κ2) is 8.95. The van der Waals surface area contributed by atoms with Crippen LogP contribution in [0.4, 0.5) is 17.8 Å². The molecule has 2 N–H and O–H groups in total. The molecule has 7 nitrogen and oxygen atoms in total. The fourth-order valence-electron chi connectivity index (χ4n) is 2.18. The fraction of sp³-hybridized carbons (Fsp3) is 0.158. The number of nitrogens with one attached hydrogen (secondary N) is 2. The predicted octanol–water partition coefficient (Wildman–Crippen LogP) is 3.65. The number of anilines is 3. The van der Waals surface area contributed by atoms with Crippen molar-refractivity contribution in [3.05, 3.63) is 70.7 Å². The summed E-state index contributed by atoms with van der Waals surface area (Å²) in [6.45, 7) is 0.616. The first-order chi connectivity index (χ1) is 13.1. The quantitative estimate of drug-likeness (QED) is 0.480. The summed E-state index contributed by atoms with van der Waals surface area (Å²) in [7, 11) is 3.74. The molecule has 1 aromatic heterocycles. The number of benzene rings is 2. The van der Waals surface area contributed by atoms with E-state index in [2.05, 4.69) is 30.8 Å². The molecule has 1 heterocycles. The van der Waals surface area contributed by atoms with E-state index >= 15 is 0 Å². The standard InChI is InChI=1S/C19H20ClN7/c1-27(2)19-24-17(21-12-14-6-4-3-5-7-14)23-18(25-19)26-22-13-15-8-10-16(20)11-9-15/h3-11,13H,12H2,1-2H3,(H2,21,23,24,25,26). The van der Waals surface area contributed by atoms with Gasteiger partial charge in [0.15, 0.2) is 0 Å². The Hall–Kier alpha value is -3.19. The molecule has 138 valence electrons. The Balaban J connectivity index is 1.71. The van der Waals surface area contributed by atoms with Crippen molar-refractivity contribution >= 4 is 35.7 Å². The normalized spacial score (nSPS) is 10.8. The van der Waals surface area contributed by atoms with Gasteiger partial charge in [-0.15, -0.1) is 0 Å². The van der Waals surface area contributed by atoms with E-state index in [9.17, 15) is 0 Å². The van der Waals surface area contributed by atoms with Gasteiger partial charge in [-0.1, -0.05) is 54.1 Å². The maximum Gasteiger partial charge on any atom is 0.250 e. The van der Waals surface area contributed by atoms with Crippen molar-refractivity contribution in [3.63, 3.8) is 0 Å². The summed E-state index contributed by atoms with van der Waals surface area (Å²) in [5, 5.41) is 8.08. The molecular formula is C19H20ClN7. The summed E-state index contributed by atoms with van der Waals surface area (Å²) in [6, 6.07) is 17.4. The molecule has 0 radical (unpaired) electrons. The molecule has 0 aliphatic heterocycles. The molecule has 0 amide bonds. The minimum atomic E-state index is 0.356. The van der Waals surface area contributed by atoms with Gasteiger partial charge in [-0.05, 0) is 23.3 Å². The maximum atomic E-state index is 5.88. The third-order valence-electron chi connectivity index (χ3n) is 3.57. The summed E-state index contributed by atoms with van der Waals surface area (Å²) >= 11 is 5.88. The van der Waals surface area contributed by atoms with Crippen molar-refractivity contribution in [2.24, 2.45) is 5.10 Å². The Labute approximate surface area is 163 Å². The Morgan fingerprint density at radius 2 is 1.67 bits per heavy atom. The Morgan fingerprint density at radius 1 is 0.963 bits per heavy atom. The average Bonchev–Trinajstić information content (AvgIpc) is 2.68. The fourth-order valence-corrected chi connectivity index (χ4v) is 2.31. The Kier molecular flexibility index (Phi) is 6.17. The number of hydrazone groups is 1. The molecule has 2 aromatic carbocycles. The van der Waals surface area contributed by atoms with Crippen molar-refractivity contribution < 1.29 is 0 Å². The van der Waals surface area contributed by atoms with Gasteiger partial charge in [0.2, 0.25) is 17.8 Å². The molecule has 0 unspecified atom stereocenters. The van der Waals surface area contributed by atoms with Crippen LogP contribution in [0.1, 0.15) is 11.1 Å². The average molecular weight is 382 g/mol. The van der Waals surface area contributed by atoms with Gasteiger partial charge in [0.05, 0.1) is 6.21 Å². The molecule has 27 heavy (non-hydrogen) atoms. The predicted molar refractivity (Wildman–Crippen MR) is 111 cm³/mol. The monoisotopic (exact) mass is 381 g/mol. The van der Waals surface area contributed by atoms with E-state index in [4.69, 9.17) is 11.6 Å². The van der Waals surface area contributed by atoms with Crippen molar-refractivity contribution in [2.45, 2.75) is 6.54 Å². The molecule has 0 atom stereocenters. The molecular weight excluding hydrogens is 362 g/mol. The van der Waals surface area contributed by atoms with Crippen LogP contribution >= 0.6 is 11.6 Å². The molecule has 0 fully saturated rings. The highest BCUT2D eigenvalue weighted by Gasteiger charge is 2.07. The molecule has 3 aromatic rings. The number of rotatable bonds is 7. The summed E-state index contributed by atoms with van der Waals surface area (Å²) < 4.78 is 0. The molecule has 0 aliphatic rings. The molecule has 0 aliphatic carbocycles. The van der Waals surface area contributed by atoms with E-state index in [1.54, 1.807) is 6.21 Å². The molecule has 3 rings (SSSR count). The second-order valence-corrected chi connectivity index (χ2v) is 6.37. The summed E-state index contributed by atoms with van der Waals surface area (Å²) in [6.07, 6.45) is 1.67. The largest absolute Gasteiger partial charge is 0.350 e. The lowest BCUT2D eigenvalue weighted by atomic mass is 10.2.